The third-order valence-electron chi connectivity index (χ3n) is 5.89. The van der Waals surface area contributed by atoms with Crippen LogP contribution in [0.1, 0.15) is 130 Å². The third-order valence-corrected chi connectivity index (χ3v) is 13.1. The Kier molecular flexibility index (Phi) is 15.4. The molecule has 0 unspecified atom stereocenters. The van der Waals surface area contributed by atoms with Gasteiger partial charge in [0.05, 0.1) is 0 Å². The molecule has 2 radical (unpaired) electrons. The first kappa shape index (κ1) is 25.5. The van der Waals surface area contributed by atoms with Gasteiger partial charge >= 0.3 is 186 Å². The Balaban J connectivity index is 2.61. The first-order valence-corrected chi connectivity index (χ1v) is 15.8. The molecule has 0 fully saturated rings. The molecule has 27 heavy (non-hydrogen) atoms. The van der Waals surface area contributed by atoms with E-state index < -0.39 is 21.1 Å². The molecule has 1 heterocycles. The van der Waals surface area contributed by atoms with Crippen molar-refractivity contribution in [3.05, 3.63) is 17.0 Å². The number of unbranched alkanes of at least 4 members (excludes halogenated alkanes) is 8. The van der Waals surface area contributed by atoms with Crippen LogP contribution in [0.25, 0.3) is 0 Å². The van der Waals surface area contributed by atoms with Crippen molar-refractivity contribution in [2.75, 3.05) is 0 Å². The van der Waals surface area contributed by atoms with Crippen LogP contribution < -0.4 is 2.89 Å². The van der Waals surface area contributed by atoms with E-state index in [4.69, 9.17) is 0 Å². The summed E-state index contributed by atoms with van der Waals surface area (Å²) in [7, 11) is 0. The maximum absolute atomic E-state index is 2.64. The van der Waals surface area contributed by atoms with Crippen molar-refractivity contribution < 1.29 is 0 Å². The minimum absolute atomic E-state index is 0.503. The van der Waals surface area contributed by atoms with Crippen LogP contribution >= 0.6 is 11.3 Å². The summed E-state index contributed by atoms with van der Waals surface area (Å²) in [4.78, 5) is 0. The summed E-state index contributed by atoms with van der Waals surface area (Å²) >= 11 is 1.62. The molecule has 1 aromatic heterocycles. The van der Waals surface area contributed by atoms with Crippen LogP contribution in [0.3, 0.4) is 0 Å². The van der Waals surface area contributed by atoms with Gasteiger partial charge in [-0.25, -0.2) is 0 Å². The summed E-state index contributed by atoms with van der Waals surface area (Å²) in [5.74, 6) is 0. The average Bonchev–Trinajstić information content (AvgIpc) is 3.12. The minimum atomic E-state index is -0.503. The van der Waals surface area contributed by atoms with Crippen molar-refractivity contribution >= 4 is 35.4 Å². The molecule has 0 aliphatic heterocycles. The fourth-order valence-corrected chi connectivity index (χ4v) is 12.1. The molecular formula is C25H46SSn. The van der Waals surface area contributed by atoms with Gasteiger partial charge in [0, 0.05) is 0 Å². The normalized spacial score (nSPS) is 12.0. The molecule has 0 nitrogen and oxygen atoms in total. The van der Waals surface area contributed by atoms with Crippen LogP contribution in [-0.2, 0) is 6.42 Å². The van der Waals surface area contributed by atoms with Crippen molar-refractivity contribution in [3.63, 3.8) is 0 Å². The van der Waals surface area contributed by atoms with Gasteiger partial charge < -0.3 is 0 Å². The molecule has 2 heteroatoms. The SMILES string of the molecule is CCCCCCCCc1cs[c]([Sn][C](CCCC)(CCCC)CCCC)c1. The van der Waals surface area contributed by atoms with Crippen LogP contribution in [0.2, 0.25) is 3.43 Å². The van der Waals surface area contributed by atoms with E-state index in [1.165, 1.54) is 103 Å². The van der Waals surface area contributed by atoms with E-state index in [2.05, 4.69) is 50.5 Å². The second-order valence-electron chi connectivity index (χ2n) is 8.55. The molecule has 0 aliphatic rings. The zero-order chi connectivity index (χ0) is 19.8. The zero-order valence-electron chi connectivity index (χ0n) is 18.9. The molecule has 0 saturated carbocycles. The number of thiophene rings is 1. The second-order valence-corrected chi connectivity index (χ2v) is 15.8. The van der Waals surface area contributed by atoms with Crippen molar-refractivity contribution in [2.24, 2.45) is 0 Å². The van der Waals surface area contributed by atoms with E-state index in [1.54, 1.807) is 5.56 Å². The van der Waals surface area contributed by atoms with Gasteiger partial charge in [0.1, 0.15) is 0 Å². The van der Waals surface area contributed by atoms with Gasteiger partial charge in [0.15, 0.2) is 0 Å². The second kappa shape index (κ2) is 16.3. The van der Waals surface area contributed by atoms with Crippen molar-refractivity contribution in [3.8, 4) is 0 Å². The Morgan fingerprint density at radius 2 is 1.22 bits per heavy atom. The zero-order valence-corrected chi connectivity index (χ0v) is 22.5. The molecule has 0 aromatic carbocycles. The number of hydrogen-bond donors (Lipinski definition) is 0. The standard InChI is InChI=1S/C13H27.C12H19S.Sn/c1-4-7-10-13(11-8-5-2)12-9-6-3;1-2-3-4-5-6-7-8-12-9-10-13-11-12;/h4-12H2,1-3H3;9,11H,2-8H2,1H3;. The summed E-state index contributed by atoms with van der Waals surface area (Å²) < 4.78 is 2.58. The van der Waals surface area contributed by atoms with Gasteiger partial charge in [-0.15, -0.1) is 0 Å². The van der Waals surface area contributed by atoms with Crippen molar-refractivity contribution in [2.45, 2.75) is 134 Å². The molecule has 0 atom stereocenters. The van der Waals surface area contributed by atoms with E-state index in [0.29, 0.717) is 0 Å². The fourth-order valence-electron chi connectivity index (χ4n) is 4.05. The summed E-state index contributed by atoms with van der Waals surface area (Å²) in [5, 5.41) is 2.51. The summed E-state index contributed by atoms with van der Waals surface area (Å²) in [6.45, 7) is 9.43. The van der Waals surface area contributed by atoms with Crippen LogP contribution in [-0.4, -0.2) is 21.1 Å². The molecule has 156 valence electrons. The topological polar surface area (TPSA) is 0 Å². The van der Waals surface area contributed by atoms with Crippen molar-refractivity contribution in [1.82, 2.24) is 0 Å². The van der Waals surface area contributed by atoms with Gasteiger partial charge in [0.25, 0.3) is 0 Å². The van der Waals surface area contributed by atoms with E-state index in [9.17, 15) is 0 Å². The van der Waals surface area contributed by atoms with Gasteiger partial charge in [-0.2, -0.15) is 0 Å². The Labute approximate surface area is 185 Å². The molecule has 0 saturated heterocycles. The summed E-state index contributed by atoms with van der Waals surface area (Å²) in [6, 6.07) is 2.64. The van der Waals surface area contributed by atoms with Crippen LogP contribution in [0.4, 0.5) is 0 Å². The van der Waals surface area contributed by atoms with E-state index >= 15 is 0 Å². The Bertz CT molecular complexity index is 429. The molecular weight excluding hydrogens is 451 g/mol. The molecule has 1 aromatic rings. The predicted molar refractivity (Wildman–Crippen MR) is 128 cm³/mol. The average molecular weight is 497 g/mol. The van der Waals surface area contributed by atoms with E-state index in [0.717, 1.165) is 3.43 Å². The van der Waals surface area contributed by atoms with E-state index in [-0.39, 0.29) is 0 Å². The first-order chi connectivity index (χ1) is 13.2. The van der Waals surface area contributed by atoms with Gasteiger partial charge in [-0.3, -0.25) is 0 Å². The fraction of sp³-hybridized carbons (Fsp3) is 0.840. The predicted octanol–water partition coefficient (Wildman–Crippen LogP) is 8.71. The van der Waals surface area contributed by atoms with Crippen molar-refractivity contribution in [1.29, 1.82) is 0 Å². The first-order valence-electron chi connectivity index (χ1n) is 12.0. The molecule has 0 N–H and O–H groups in total. The summed E-state index contributed by atoms with van der Waals surface area (Å²) in [6.07, 6.45) is 22.8. The van der Waals surface area contributed by atoms with Crippen LogP contribution in [0.15, 0.2) is 11.4 Å². The molecule has 0 amide bonds. The van der Waals surface area contributed by atoms with Gasteiger partial charge in [-0.1, -0.05) is 0 Å². The Morgan fingerprint density at radius 1 is 0.704 bits per heavy atom. The van der Waals surface area contributed by atoms with Crippen LogP contribution in [0, 0.1) is 0 Å². The third kappa shape index (κ3) is 11.3. The molecule has 1 rings (SSSR count). The van der Waals surface area contributed by atoms with Gasteiger partial charge in [-0.05, 0) is 0 Å². The Hall–Kier alpha value is 0.499. The van der Waals surface area contributed by atoms with Crippen LogP contribution in [0.5, 0.6) is 0 Å². The number of hydrogen-bond acceptors (Lipinski definition) is 1. The van der Waals surface area contributed by atoms with E-state index in [1.807, 2.05) is 2.89 Å². The summed E-state index contributed by atoms with van der Waals surface area (Å²) in [5.41, 5.74) is 1.65. The number of rotatable bonds is 18. The molecule has 0 spiro atoms. The number of aryl methyl sites for hydroxylation is 1. The Morgan fingerprint density at radius 3 is 1.78 bits per heavy atom. The molecule has 0 aliphatic carbocycles. The van der Waals surface area contributed by atoms with Gasteiger partial charge in [0.2, 0.25) is 0 Å². The quantitative estimate of drug-likeness (QED) is 0.141. The monoisotopic (exact) mass is 498 g/mol. The molecule has 0 bridgehead atoms. The maximum atomic E-state index is 2.64.